The minimum absolute atomic E-state index is 0. The molecule has 1 N–H and O–H groups in total. The number of rotatable bonds is 0. The number of aliphatic hydroxyl groups excluding tert-OH is 1. The van der Waals surface area contributed by atoms with Crippen molar-refractivity contribution in [2.24, 2.45) is 14.1 Å². The number of aliphatic hydroxyl groups is 1. The quantitative estimate of drug-likeness (QED) is 0.148. The molecule has 2 heterocycles. The highest BCUT2D eigenvalue weighted by Gasteiger charge is 2.02. The summed E-state index contributed by atoms with van der Waals surface area (Å²) in [4.78, 5) is 0. The van der Waals surface area contributed by atoms with Crippen LogP contribution in [0.2, 0.25) is 0 Å². The van der Waals surface area contributed by atoms with Crippen LogP contribution in [0.5, 0.6) is 0 Å². The Morgan fingerprint density at radius 1 is 0.700 bits per heavy atom. The van der Waals surface area contributed by atoms with E-state index in [4.69, 9.17) is 5.11 Å². The van der Waals surface area contributed by atoms with Crippen LogP contribution in [0.1, 0.15) is 22.3 Å². The highest BCUT2D eigenvalue weighted by molar-refractivity contribution is 14.1. The number of pyridine rings is 2. The molecular weight excluding hydrogens is 734 g/mol. The maximum absolute atomic E-state index is 7.00. The Labute approximate surface area is 226 Å². The molecule has 0 radical (unpaired) electrons. The van der Waals surface area contributed by atoms with Crippen LogP contribution in [0.15, 0.2) is 61.2 Å². The lowest BCUT2D eigenvalue weighted by atomic mass is 10.1. The van der Waals surface area contributed by atoms with Gasteiger partial charge in [0, 0.05) is 30.4 Å². The summed E-state index contributed by atoms with van der Waals surface area (Å²) in [6.07, 6.45) is 8.15. The Kier molecular flexibility index (Phi) is 14.4. The van der Waals surface area contributed by atoms with Crippen molar-refractivity contribution in [3.8, 4) is 23.7 Å². The van der Waals surface area contributed by atoms with Crippen molar-refractivity contribution in [1.82, 2.24) is 0 Å². The minimum Gasteiger partial charge on any atom is -1.00 e. The van der Waals surface area contributed by atoms with Crippen LogP contribution >= 0.6 is 45.2 Å². The lowest BCUT2D eigenvalue weighted by Gasteiger charge is -1.95. The molecule has 0 aliphatic carbocycles. The van der Waals surface area contributed by atoms with Crippen molar-refractivity contribution in [3.05, 3.63) is 90.6 Å². The molecule has 0 fully saturated rings. The summed E-state index contributed by atoms with van der Waals surface area (Å²) in [5, 5.41) is 7.00. The van der Waals surface area contributed by atoms with Crippen molar-refractivity contribution >= 4 is 45.2 Å². The number of hydrogen-bond acceptors (Lipinski definition) is 1. The summed E-state index contributed by atoms with van der Waals surface area (Å²) in [6.45, 7) is 0. The van der Waals surface area contributed by atoms with Crippen molar-refractivity contribution in [3.63, 3.8) is 0 Å². The molecule has 1 aromatic carbocycles. The Balaban J connectivity index is 0.00000204. The number of halogens is 4. The number of hydrogen-bond donors (Lipinski definition) is 1. The first-order valence-corrected chi connectivity index (χ1v) is 10.6. The molecule has 7 heteroatoms. The van der Waals surface area contributed by atoms with E-state index in [0.717, 1.165) is 36.5 Å². The monoisotopic (exact) mass is 752 g/mol. The number of nitrogens with zero attached hydrogens (tertiary/aromatic N) is 2. The molecule has 0 unspecified atom stereocenters. The molecule has 2 aromatic heterocycles. The maximum atomic E-state index is 7.00. The molecule has 3 nitrogen and oxygen atoms in total. The zero-order valence-electron chi connectivity index (χ0n) is 16.6. The van der Waals surface area contributed by atoms with E-state index in [9.17, 15) is 0 Å². The zero-order chi connectivity index (χ0) is 20.5. The van der Waals surface area contributed by atoms with Gasteiger partial charge in [-0.15, -0.1) is 0 Å². The van der Waals surface area contributed by atoms with Crippen LogP contribution in [-0.2, 0) is 14.1 Å². The van der Waals surface area contributed by atoms with Gasteiger partial charge in [-0.2, -0.15) is 0 Å². The first-order chi connectivity index (χ1) is 13.5. The van der Waals surface area contributed by atoms with Gasteiger partial charge in [0.05, 0.1) is 18.3 Å². The van der Waals surface area contributed by atoms with Gasteiger partial charge in [-0.3, -0.25) is 0 Å². The number of aromatic nitrogens is 2. The second-order valence-corrected chi connectivity index (χ2v) is 8.15. The molecule has 0 bridgehead atoms. The third-order valence-electron chi connectivity index (χ3n) is 3.65. The van der Waals surface area contributed by atoms with Gasteiger partial charge >= 0.3 is 0 Å². The highest BCUT2D eigenvalue weighted by Crippen LogP contribution is 2.10. The predicted octanol–water partition coefficient (Wildman–Crippen LogP) is -3.04. The molecule has 3 aromatic rings. The van der Waals surface area contributed by atoms with Gasteiger partial charge in [-0.05, 0) is 63.4 Å². The predicted molar refractivity (Wildman–Crippen MR) is 127 cm³/mol. The maximum Gasteiger partial charge on any atom is 0.183 e. The summed E-state index contributed by atoms with van der Waals surface area (Å²) in [7, 11) is 5.02. The average Bonchev–Trinajstić information content (AvgIpc) is 2.68. The molecule has 3 rings (SSSR count). The van der Waals surface area contributed by atoms with E-state index in [1.165, 1.54) is 0 Å². The Hall–Kier alpha value is -0.980. The van der Waals surface area contributed by atoms with Crippen molar-refractivity contribution < 1.29 is 48.2 Å². The fourth-order valence-corrected chi connectivity index (χ4v) is 3.79. The van der Waals surface area contributed by atoms with Crippen molar-refractivity contribution in [2.75, 3.05) is 7.11 Å². The minimum atomic E-state index is 0. The van der Waals surface area contributed by atoms with Gasteiger partial charge in [0.2, 0.25) is 0 Å². The summed E-state index contributed by atoms with van der Waals surface area (Å²) >= 11 is 4.62. The molecule has 0 aliphatic heterocycles. The Morgan fingerprint density at radius 2 is 1.10 bits per heavy atom. The van der Waals surface area contributed by atoms with Crippen LogP contribution in [0.25, 0.3) is 0 Å². The molecule has 156 valence electrons. The lowest BCUT2D eigenvalue weighted by molar-refractivity contribution is -0.672. The standard InChI is InChI=1S/C22H16I2N2.CH4O.2BrH/c1-25-12-10-19(21(23)15-25)8-6-17-4-3-5-18(14-17)7-9-20-11-13-26(2)16-22(20)24;1-2;;/h3-5,10-16H,1-2H3;2H,1H3;2*1H/q+2;;;/p-2. The Bertz CT molecular complexity index is 1030. The van der Waals surface area contributed by atoms with Gasteiger partial charge in [-0.1, -0.05) is 29.7 Å². The molecule has 0 saturated carbocycles. The average molecular weight is 754 g/mol. The van der Waals surface area contributed by atoms with Gasteiger partial charge in [0.1, 0.15) is 14.1 Å². The lowest BCUT2D eigenvalue weighted by Crippen LogP contribution is -3.00. The van der Waals surface area contributed by atoms with Crippen LogP contribution in [0.4, 0.5) is 0 Å². The van der Waals surface area contributed by atoms with E-state index in [0.29, 0.717) is 0 Å². The zero-order valence-corrected chi connectivity index (χ0v) is 24.1. The van der Waals surface area contributed by atoms with Crippen molar-refractivity contribution in [2.45, 2.75) is 0 Å². The molecule has 0 spiro atoms. The third-order valence-corrected chi connectivity index (χ3v) is 5.37. The van der Waals surface area contributed by atoms with E-state index in [1.807, 2.05) is 72.0 Å². The Morgan fingerprint density at radius 3 is 1.47 bits per heavy atom. The van der Waals surface area contributed by atoms with Crippen LogP contribution < -0.4 is 43.1 Å². The summed E-state index contributed by atoms with van der Waals surface area (Å²) in [5.74, 6) is 13.0. The van der Waals surface area contributed by atoms with Crippen LogP contribution in [0.3, 0.4) is 0 Å². The summed E-state index contributed by atoms with van der Waals surface area (Å²) in [6, 6.07) is 12.1. The SMILES string of the molecule is CO.C[n+]1ccc(C#Cc2cccc(C#Cc3cc[n+](C)cc3I)c2)c(I)c1.[Br-].[Br-]. The number of aryl methyl sites for hydroxylation is 2. The van der Waals surface area contributed by atoms with Gasteiger partial charge in [0.15, 0.2) is 24.8 Å². The van der Waals surface area contributed by atoms with Gasteiger partial charge in [-0.25, -0.2) is 9.13 Å². The molecular formula is C23H20Br2I2N2O. The fourth-order valence-electron chi connectivity index (χ4n) is 2.28. The topological polar surface area (TPSA) is 28.0 Å². The second-order valence-electron chi connectivity index (χ2n) is 5.82. The van der Waals surface area contributed by atoms with E-state index in [-0.39, 0.29) is 34.0 Å². The molecule has 0 atom stereocenters. The van der Waals surface area contributed by atoms with Crippen molar-refractivity contribution in [1.29, 1.82) is 0 Å². The molecule has 0 saturated heterocycles. The highest BCUT2D eigenvalue weighted by atomic mass is 127. The fraction of sp³-hybridized carbons (Fsp3) is 0.130. The molecule has 0 amide bonds. The largest absolute Gasteiger partial charge is 1.00 e. The van der Waals surface area contributed by atoms with Crippen LogP contribution in [0, 0.1) is 30.8 Å². The van der Waals surface area contributed by atoms with Gasteiger partial charge < -0.3 is 39.1 Å². The summed E-state index contributed by atoms with van der Waals surface area (Å²) < 4.78 is 6.33. The first kappa shape index (κ1) is 29.0. The third kappa shape index (κ3) is 9.03. The summed E-state index contributed by atoms with van der Waals surface area (Å²) in [5.41, 5.74) is 4.00. The van der Waals surface area contributed by atoms with E-state index in [1.54, 1.807) is 0 Å². The molecule has 30 heavy (non-hydrogen) atoms. The van der Waals surface area contributed by atoms with Crippen LogP contribution in [-0.4, -0.2) is 12.2 Å². The first-order valence-electron chi connectivity index (χ1n) is 8.40. The van der Waals surface area contributed by atoms with E-state index < -0.39 is 0 Å². The number of benzene rings is 1. The van der Waals surface area contributed by atoms with E-state index >= 15 is 0 Å². The normalized spacial score (nSPS) is 8.60. The van der Waals surface area contributed by atoms with E-state index in [2.05, 4.69) is 81.3 Å². The second kappa shape index (κ2) is 14.9. The van der Waals surface area contributed by atoms with Gasteiger partial charge in [0.25, 0.3) is 0 Å². The molecule has 0 aliphatic rings. The smallest absolute Gasteiger partial charge is 0.183 e.